The van der Waals surface area contributed by atoms with Crippen LogP contribution in [0.4, 0.5) is 0 Å². The van der Waals surface area contributed by atoms with Crippen LogP contribution < -0.4 is 0 Å². The van der Waals surface area contributed by atoms with Gasteiger partial charge in [-0.2, -0.15) is 0 Å². The molecule has 0 saturated carbocycles. The zero-order valence-corrected chi connectivity index (χ0v) is 16.2. The van der Waals surface area contributed by atoms with Gasteiger partial charge in [0.15, 0.2) is 0 Å². The first-order chi connectivity index (χ1) is 11.7. The fourth-order valence-corrected chi connectivity index (χ4v) is 2.74. The molecule has 3 nitrogen and oxygen atoms in total. The summed E-state index contributed by atoms with van der Waals surface area (Å²) in [5.74, 6) is 0. The predicted octanol–water partition coefficient (Wildman–Crippen LogP) is 5.39. The molecular formula is C21H42O3. The Morgan fingerprint density at radius 1 is 0.833 bits per heavy atom. The summed E-state index contributed by atoms with van der Waals surface area (Å²) in [6.07, 6.45) is 20.9. The molecule has 0 rings (SSSR count). The van der Waals surface area contributed by atoms with E-state index < -0.39 is 6.10 Å². The van der Waals surface area contributed by atoms with Crippen LogP contribution in [0.5, 0.6) is 0 Å². The van der Waals surface area contributed by atoms with E-state index in [-0.39, 0.29) is 19.3 Å². The van der Waals surface area contributed by atoms with Crippen molar-refractivity contribution in [1.82, 2.24) is 0 Å². The van der Waals surface area contributed by atoms with Crippen molar-refractivity contribution in [1.29, 1.82) is 0 Å². The van der Waals surface area contributed by atoms with E-state index in [4.69, 9.17) is 9.84 Å². The topological polar surface area (TPSA) is 49.7 Å². The molecule has 24 heavy (non-hydrogen) atoms. The van der Waals surface area contributed by atoms with Crippen LogP contribution in [0.2, 0.25) is 0 Å². The normalized spacial score (nSPS) is 14.3. The second-order valence-corrected chi connectivity index (χ2v) is 7.00. The van der Waals surface area contributed by atoms with Crippen LogP contribution in [0.25, 0.3) is 0 Å². The minimum absolute atomic E-state index is 0.170. The molecule has 0 aromatic rings. The highest BCUT2D eigenvalue weighted by Gasteiger charge is 2.06. The molecule has 0 saturated heterocycles. The Balaban J connectivity index is 3.22. The predicted molar refractivity (Wildman–Crippen MR) is 103 cm³/mol. The van der Waals surface area contributed by atoms with Crippen LogP contribution in [0.1, 0.15) is 97.3 Å². The van der Waals surface area contributed by atoms with Crippen LogP contribution in [0.3, 0.4) is 0 Å². The van der Waals surface area contributed by atoms with Crippen LogP contribution >= 0.6 is 0 Å². The zero-order chi connectivity index (χ0) is 17.9. The molecule has 2 N–H and O–H groups in total. The summed E-state index contributed by atoms with van der Waals surface area (Å²) in [7, 11) is 0. The average Bonchev–Trinajstić information content (AvgIpc) is 2.59. The summed E-state index contributed by atoms with van der Waals surface area (Å²) < 4.78 is 5.49. The molecule has 2 atom stereocenters. The molecule has 0 aliphatic rings. The van der Waals surface area contributed by atoms with Gasteiger partial charge in [-0.3, -0.25) is 0 Å². The molecule has 0 spiro atoms. The Bertz CT molecular complexity index is 266. The molecule has 0 amide bonds. The van der Waals surface area contributed by atoms with Gasteiger partial charge in [-0.25, -0.2) is 0 Å². The van der Waals surface area contributed by atoms with Crippen molar-refractivity contribution >= 4 is 0 Å². The summed E-state index contributed by atoms with van der Waals surface area (Å²) in [6.45, 7) is 4.32. The van der Waals surface area contributed by atoms with E-state index >= 15 is 0 Å². The molecule has 3 heteroatoms. The van der Waals surface area contributed by atoms with E-state index in [2.05, 4.69) is 19.1 Å². The summed E-state index contributed by atoms with van der Waals surface area (Å²) in [4.78, 5) is 0. The van der Waals surface area contributed by atoms with Gasteiger partial charge in [-0.05, 0) is 39.0 Å². The van der Waals surface area contributed by atoms with Gasteiger partial charge in [-0.1, -0.05) is 70.4 Å². The quantitative estimate of drug-likeness (QED) is 0.259. The third-order valence-electron chi connectivity index (χ3n) is 4.41. The average molecular weight is 343 g/mol. The maximum atomic E-state index is 9.22. The summed E-state index contributed by atoms with van der Waals surface area (Å²) in [5, 5.41) is 17.9. The van der Waals surface area contributed by atoms with Crippen molar-refractivity contribution in [3.63, 3.8) is 0 Å². The fourth-order valence-electron chi connectivity index (χ4n) is 2.74. The van der Waals surface area contributed by atoms with Crippen LogP contribution in [-0.2, 0) is 4.74 Å². The van der Waals surface area contributed by atoms with Gasteiger partial charge in [0.2, 0.25) is 0 Å². The number of ether oxygens (including phenoxy) is 1. The number of hydrogen-bond acceptors (Lipinski definition) is 3. The van der Waals surface area contributed by atoms with Gasteiger partial charge in [0.05, 0.1) is 19.3 Å². The SMILES string of the molecule is CCCCCCCC/C=C\CCCCCCC(C)OCC(O)CO. The molecule has 0 radical (unpaired) electrons. The zero-order valence-electron chi connectivity index (χ0n) is 16.2. The van der Waals surface area contributed by atoms with Crippen molar-refractivity contribution in [2.24, 2.45) is 0 Å². The summed E-state index contributed by atoms with van der Waals surface area (Å²) in [6, 6.07) is 0. The third-order valence-corrected chi connectivity index (χ3v) is 4.41. The van der Waals surface area contributed by atoms with Crippen molar-refractivity contribution in [2.45, 2.75) is 110 Å². The van der Waals surface area contributed by atoms with Gasteiger partial charge >= 0.3 is 0 Å². The molecule has 144 valence electrons. The lowest BCUT2D eigenvalue weighted by Gasteiger charge is -2.15. The van der Waals surface area contributed by atoms with Gasteiger partial charge in [0, 0.05) is 0 Å². The Morgan fingerprint density at radius 2 is 1.38 bits per heavy atom. The van der Waals surface area contributed by atoms with E-state index in [9.17, 15) is 5.11 Å². The summed E-state index contributed by atoms with van der Waals surface area (Å²) in [5.41, 5.74) is 0. The van der Waals surface area contributed by atoms with Crippen molar-refractivity contribution < 1.29 is 14.9 Å². The second kappa shape index (κ2) is 19.0. The second-order valence-electron chi connectivity index (χ2n) is 7.00. The number of allylic oxidation sites excluding steroid dienone is 2. The van der Waals surface area contributed by atoms with Crippen LogP contribution in [0.15, 0.2) is 12.2 Å². The monoisotopic (exact) mass is 342 g/mol. The Labute approximate surface area is 150 Å². The Morgan fingerprint density at radius 3 is 1.96 bits per heavy atom. The molecule has 0 fully saturated rings. The summed E-state index contributed by atoms with van der Waals surface area (Å²) >= 11 is 0. The van der Waals surface area contributed by atoms with Gasteiger partial charge in [0.1, 0.15) is 6.10 Å². The molecule has 2 unspecified atom stereocenters. The fraction of sp³-hybridized carbons (Fsp3) is 0.905. The highest BCUT2D eigenvalue weighted by molar-refractivity contribution is 4.81. The molecular weight excluding hydrogens is 300 g/mol. The largest absolute Gasteiger partial charge is 0.394 e. The van der Waals surface area contributed by atoms with E-state index in [1.165, 1.54) is 77.0 Å². The maximum Gasteiger partial charge on any atom is 0.100 e. The van der Waals surface area contributed by atoms with Crippen LogP contribution in [0, 0.1) is 0 Å². The molecule has 0 aromatic carbocycles. The third kappa shape index (κ3) is 18.0. The van der Waals surface area contributed by atoms with Crippen molar-refractivity contribution in [3.8, 4) is 0 Å². The number of hydrogen-bond donors (Lipinski definition) is 2. The minimum Gasteiger partial charge on any atom is -0.394 e. The first kappa shape index (κ1) is 23.6. The van der Waals surface area contributed by atoms with Gasteiger partial charge in [0.25, 0.3) is 0 Å². The van der Waals surface area contributed by atoms with Crippen molar-refractivity contribution in [3.05, 3.63) is 12.2 Å². The lowest BCUT2D eigenvalue weighted by atomic mass is 10.1. The first-order valence-corrected chi connectivity index (χ1v) is 10.3. The van der Waals surface area contributed by atoms with E-state index in [1.807, 2.05) is 6.92 Å². The van der Waals surface area contributed by atoms with Gasteiger partial charge in [-0.15, -0.1) is 0 Å². The van der Waals surface area contributed by atoms with Crippen molar-refractivity contribution in [2.75, 3.05) is 13.2 Å². The van der Waals surface area contributed by atoms with E-state index in [0.717, 1.165) is 6.42 Å². The first-order valence-electron chi connectivity index (χ1n) is 10.3. The van der Waals surface area contributed by atoms with Crippen LogP contribution in [-0.4, -0.2) is 35.6 Å². The lowest BCUT2D eigenvalue weighted by molar-refractivity contribution is -0.0254. The molecule has 0 bridgehead atoms. The van der Waals surface area contributed by atoms with Gasteiger partial charge < -0.3 is 14.9 Å². The Kier molecular flexibility index (Phi) is 18.7. The Hall–Kier alpha value is -0.380. The minimum atomic E-state index is -0.740. The highest BCUT2D eigenvalue weighted by atomic mass is 16.5. The number of unbranched alkanes of at least 4 members (excludes halogenated alkanes) is 10. The maximum absolute atomic E-state index is 9.22. The smallest absolute Gasteiger partial charge is 0.100 e. The van der Waals surface area contributed by atoms with E-state index in [1.54, 1.807) is 0 Å². The molecule has 0 aliphatic carbocycles. The molecule has 0 aromatic heterocycles. The number of aliphatic hydroxyl groups excluding tert-OH is 2. The lowest BCUT2D eigenvalue weighted by Crippen LogP contribution is -2.22. The highest BCUT2D eigenvalue weighted by Crippen LogP contribution is 2.11. The van der Waals surface area contributed by atoms with E-state index in [0.29, 0.717) is 0 Å². The molecule has 0 heterocycles. The molecule has 0 aliphatic heterocycles. The number of aliphatic hydroxyl groups is 2. The number of rotatable bonds is 18. The standard InChI is InChI=1S/C21H42O3/c1-3-4-5-6-7-8-9-10-11-12-13-14-15-16-17-20(2)24-19-21(23)18-22/h10-11,20-23H,3-9,12-19H2,1-2H3/b11-10-.